The lowest BCUT2D eigenvalue weighted by Gasteiger charge is -2.32. The Morgan fingerprint density at radius 3 is 2.94 bits per heavy atom. The fourth-order valence-electron chi connectivity index (χ4n) is 2.81. The van der Waals surface area contributed by atoms with Gasteiger partial charge < -0.3 is 15.0 Å². The van der Waals surface area contributed by atoms with Gasteiger partial charge in [-0.1, -0.05) is 0 Å². The van der Waals surface area contributed by atoms with Crippen LogP contribution >= 0.6 is 0 Å². The highest BCUT2D eigenvalue weighted by Gasteiger charge is 2.24. The van der Waals surface area contributed by atoms with Gasteiger partial charge in [-0.15, -0.1) is 0 Å². The molecule has 0 unspecified atom stereocenters. The van der Waals surface area contributed by atoms with E-state index in [1.807, 2.05) is 0 Å². The molecule has 4 nitrogen and oxygen atoms in total. The van der Waals surface area contributed by atoms with E-state index in [0.717, 1.165) is 32.5 Å². The molecule has 0 spiro atoms. The number of carbonyl (C=O) groups is 1. The van der Waals surface area contributed by atoms with E-state index < -0.39 is 0 Å². The molecule has 0 aromatic heterocycles. The molecule has 2 heterocycles. The first-order valence-electron chi connectivity index (χ1n) is 7.00. The van der Waals surface area contributed by atoms with Crippen LogP contribution in [0.1, 0.15) is 39.0 Å². The van der Waals surface area contributed by atoms with Crippen LogP contribution in [0.25, 0.3) is 0 Å². The molecule has 98 valence electrons. The van der Waals surface area contributed by atoms with Gasteiger partial charge in [0.05, 0.1) is 0 Å². The normalized spacial score (nSPS) is 29.6. The van der Waals surface area contributed by atoms with Gasteiger partial charge in [-0.05, 0) is 39.0 Å². The third-order valence-corrected chi connectivity index (χ3v) is 3.90. The van der Waals surface area contributed by atoms with Crippen LogP contribution in [0.2, 0.25) is 0 Å². The summed E-state index contributed by atoms with van der Waals surface area (Å²) in [5.41, 5.74) is 0. The summed E-state index contributed by atoms with van der Waals surface area (Å²) in [6.07, 6.45) is 6.31. The highest BCUT2D eigenvalue weighted by Crippen LogP contribution is 2.15. The van der Waals surface area contributed by atoms with Gasteiger partial charge in [-0.3, -0.25) is 4.79 Å². The molecular formula is C13H25N2O2+. The number of quaternary nitrogens is 1. The van der Waals surface area contributed by atoms with Crippen LogP contribution in [0, 0.1) is 0 Å². The number of rotatable bonds is 4. The summed E-state index contributed by atoms with van der Waals surface area (Å²) in [5.74, 6) is 0.301. The summed E-state index contributed by atoms with van der Waals surface area (Å²) < 4.78 is 5.55. The fraction of sp³-hybridized carbons (Fsp3) is 0.923. The number of likely N-dealkylation sites (tertiary alicyclic amines) is 1. The van der Waals surface area contributed by atoms with E-state index in [2.05, 4.69) is 17.1 Å². The van der Waals surface area contributed by atoms with E-state index >= 15 is 0 Å². The lowest BCUT2D eigenvalue weighted by molar-refractivity contribution is -0.650. The second-order valence-corrected chi connectivity index (χ2v) is 5.30. The molecule has 2 rings (SSSR count). The molecule has 0 radical (unpaired) electrons. The summed E-state index contributed by atoms with van der Waals surface area (Å²) in [4.78, 5) is 14.1. The number of hydrogen-bond acceptors (Lipinski definition) is 2. The van der Waals surface area contributed by atoms with Crippen molar-refractivity contribution in [3.63, 3.8) is 0 Å². The second kappa shape index (κ2) is 6.36. The molecule has 0 aliphatic carbocycles. The average molecular weight is 241 g/mol. The standard InChI is InChI=1S/C13H24N2O2/c1-11-5-2-3-7-15(11)13(16)10-14-9-12-6-4-8-17-12/h11-12,14H,2-10H2,1H3/p+1/t11-,12-/m1/s1. The van der Waals surface area contributed by atoms with E-state index in [1.54, 1.807) is 0 Å². The zero-order valence-corrected chi connectivity index (χ0v) is 10.9. The third kappa shape index (κ3) is 3.68. The van der Waals surface area contributed by atoms with Gasteiger partial charge in [0.2, 0.25) is 0 Å². The van der Waals surface area contributed by atoms with Crippen LogP contribution in [0.15, 0.2) is 0 Å². The van der Waals surface area contributed by atoms with Crippen LogP contribution in [-0.2, 0) is 9.53 Å². The van der Waals surface area contributed by atoms with E-state index in [9.17, 15) is 4.79 Å². The Kier molecular flexibility index (Phi) is 4.80. The first-order valence-corrected chi connectivity index (χ1v) is 7.00. The minimum atomic E-state index is 0.301. The summed E-state index contributed by atoms with van der Waals surface area (Å²) in [6.45, 7) is 5.54. The quantitative estimate of drug-likeness (QED) is 0.760. The number of hydrogen-bond donors (Lipinski definition) is 1. The number of nitrogens with zero attached hydrogens (tertiary/aromatic N) is 1. The Labute approximate surface area is 104 Å². The van der Waals surface area contributed by atoms with Gasteiger partial charge in [-0.25, -0.2) is 0 Å². The zero-order chi connectivity index (χ0) is 12.1. The molecule has 2 aliphatic heterocycles. The largest absolute Gasteiger partial charge is 0.372 e. The summed E-state index contributed by atoms with van der Waals surface area (Å²) in [7, 11) is 0. The van der Waals surface area contributed by atoms with Crippen molar-refractivity contribution >= 4 is 5.91 Å². The van der Waals surface area contributed by atoms with Crippen molar-refractivity contribution in [3.05, 3.63) is 0 Å². The lowest BCUT2D eigenvalue weighted by Crippen LogP contribution is -2.88. The number of nitrogens with two attached hydrogens (primary N) is 1. The van der Waals surface area contributed by atoms with Gasteiger partial charge in [0.15, 0.2) is 6.54 Å². The Morgan fingerprint density at radius 1 is 1.35 bits per heavy atom. The highest BCUT2D eigenvalue weighted by molar-refractivity contribution is 5.77. The third-order valence-electron chi connectivity index (χ3n) is 3.90. The fourth-order valence-corrected chi connectivity index (χ4v) is 2.81. The van der Waals surface area contributed by atoms with Gasteiger partial charge in [0.1, 0.15) is 12.6 Å². The smallest absolute Gasteiger partial charge is 0.277 e. The van der Waals surface area contributed by atoms with Crippen LogP contribution in [0.4, 0.5) is 0 Å². The Balaban J connectivity index is 1.65. The van der Waals surface area contributed by atoms with E-state index in [-0.39, 0.29) is 0 Å². The maximum absolute atomic E-state index is 12.0. The second-order valence-electron chi connectivity index (χ2n) is 5.30. The monoisotopic (exact) mass is 241 g/mol. The van der Waals surface area contributed by atoms with E-state index in [0.29, 0.717) is 24.6 Å². The van der Waals surface area contributed by atoms with E-state index in [1.165, 1.54) is 19.3 Å². The molecular weight excluding hydrogens is 216 g/mol. The molecule has 0 saturated carbocycles. The van der Waals surface area contributed by atoms with Gasteiger partial charge in [-0.2, -0.15) is 0 Å². The maximum Gasteiger partial charge on any atom is 0.277 e. The van der Waals surface area contributed by atoms with Gasteiger partial charge in [0, 0.05) is 19.2 Å². The molecule has 2 fully saturated rings. The minimum absolute atomic E-state index is 0.301. The Hall–Kier alpha value is -0.610. The predicted molar refractivity (Wildman–Crippen MR) is 65.7 cm³/mol. The molecule has 0 aromatic carbocycles. The van der Waals surface area contributed by atoms with Crippen molar-refractivity contribution in [2.45, 2.75) is 51.2 Å². The van der Waals surface area contributed by atoms with E-state index in [4.69, 9.17) is 4.74 Å². The molecule has 0 bridgehead atoms. The average Bonchev–Trinajstić information content (AvgIpc) is 2.82. The Bertz CT molecular complexity index is 252. The van der Waals surface area contributed by atoms with Crippen molar-refractivity contribution in [1.82, 2.24) is 4.90 Å². The number of piperidine rings is 1. The topological polar surface area (TPSA) is 46.2 Å². The van der Waals surface area contributed by atoms with Crippen LogP contribution < -0.4 is 5.32 Å². The lowest BCUT2D eigenvalue weighted by atomic mass is 10.0. The molecule has 2 aliphatic rings. The molecule has 17 heavy (non-hydrogen) atoms. The molecule has 0 aromatic rings. The first-order chi connectivity index (χ1) is 8.27. The van der Waals surface area contributed by atoms with Crippen LogP contribution in [0.5, 0.6) is 0 Å². The van der Waals surface area contributed by atoms with Gasteiger partial charge >= 0.3 is 0 Å². The zero-order valence-electron chi connectivity index (χ0n) is 10.9. The van der Waals surface area contributed by atoms with Crippen molar-refractivity contribution in [3.8, 4) is 0 Å². The van der Waals surface area contributed by atoms with Crippen LogP contribution in [-0.4, -0.2) is 49.2 Å². The first kappa shape index (κ1) is 12.8. The van der Waals surface area contributed by atoms with Crippen molar-refractivity contribution in [2.75, 3.05) is 26.2 Å². The number of carbonyl (C=O) groups excluding carboxylic acids is 1. The summed E-state index contributed by atoms with van der Waals surface area (Å²) in [5, 5.41) is 2.11. The minimum Gasteiger partial charge on any atom is -0.372 e. The molecule has 1 amide bonds. The van der Waals surface area contributed by atoms with Crippen LogP contribution in [0.3, 0.4) is 0 Å². The number of ether oxygens (including phenoxy) is 1. The van der Waals surface area contributed by atoms with Crippen molar-refractivity contribution in [1.29, 1.82) is 0 Å². The SMILES string of the molecule is C[C@@H]1CCCCN1C(=O)C[NH2+]C[C@H]1CCCO1. The maximum atomic E-state index is 12.0. The van der Waals surface area contributed by atoms with Crippen molar-refractivity contribution in [2.24, 2.45) is 0 Å². The molecule has 2 atom stereocenters. The number of amides is 1. The Morgan fingerprint density at radius 2 is 2.24 bits per heavy atom. The predicted octanol–water partition coefficient (Wildman–Crippen LogP) is 0.130. The molecule has 4 heteroatoms. The highest BCUT2D eigenvalue weighted by atomic mass is 16.5. The molecule has 2 saturated heterocycles. The van der Waals surface area contributed by atoms with Gasteiger partial charge in [0.25, 0.3) is 5.91 Å². The molecule has 2 N–H and O–H groups in total. The summed E-state index contributed by atoms with van der Waals surface area (Å²) in [6, 6.07) is 0.437. The van der Waals surface area contributed by atoms with Crippen molar-refractivity contribution < 1.29 is 14.8 Å². The summed E-state index contributed by atoms with van der Waals surface area (Å²) >= 11 is 0.